The van der Waals surface area contributed by atoms with Gasteiger partial charge in [0.1, 0.15) is 0 Å². The number of aromatic nitrogens is 2. The van der Waals surface area contributed by atoms with Crippen molar-refractivity contribution in [3.05, 3.63) is 23.8 Å². The summed E-state index contributed by atoms with van der Waals surface area (Å²) in [6.45, 7) is 2.26. The van der Waals surface area contributed by atoms with Crippen molar-refractivity contribution in [2.24, 2.45) is 16.5 Å². The number of nitrogens with zero attached hydrogens (tertiary/aromatic N) is 3. The van der Waals surface area contributed by atoms with Gasteiger partial charge in [0, 0.05) is 12.4 Å². The Balaban J connectivity index is 2.76. The zero-order chi connectivity index (χ0) is 8.97. The summed E-state index contributed by atoms with van der Waals surface area (Å²) >= 11 is 0. The van der Waals surface area contributed by atoms with Crippen LogP contribution in [0.3, 0.4) is 0 Å². The number of rotatable bonds is 2. The number of hydrogen-bond donors (Lipinski definition) is 2. The van der Waals surface area contributed by atoms with Gasteiger partial charge in [0.2, 0.25) is 0 Å². The summed E-state index contributed by atoms with van der Waals surface area (Å²) in [5.41, 5.74) is 12.0. The lowest BCUT2D eigenvalue weighted by Crippen LogP contribution is -2.22. The summed E-state index contributed by atoms with van der Waals surface area (Å²) in [5, 5.41) is 0. The molecular weight excluding hydrogens is 154 g/mol. The highest BCUT2D eigenvalue weighted by molar-refractivity contribution is 5.75. The van der Waals surface area contributed by atoms with Crippen molar-refractivity contribution in [1.29, 1.82) is 0 Å². The van der Waals surface area contributed by atoms with E-state index in [2.05, 4.69) is 15.0 Å². The Morgan fingerprint density at radius 1 is 1.42 bits per heavy atom. The molecule has 0 fully saturated rings. The molecule has 1 rings (SSSR count). The van der Waals surface area contributed by atoms with Gasteiger partial charge in [-0.1, -0.05) is 0 Å². The molecule has 0 amide bonds. The molecule has 0 saturated carbocycles. The molecule has 0 bridgehead atoms. The normalized spacial score (nSPS) is 9.42. The predicted octanol–water partition coefficient (Wildman–Crippen LogP) is -0.442. The summed E-state index contributed by atoms with van der Waals surface area (Å²) in [6.07, 6.45) is 3.25. The van der Waals surface area contributed by atoms with E-state index in [1.54, 1.807) is 12.4 Å². The Kier molecular flexibility index (Phi) is 2.57. The van der Waals surface area contributed by atoms with Gasteiger partial charge in [-0.3, -0.25) is 9.97 Å². The van der Waals surface area contributed by atoms with Crippen molar-refractivity contribution in [2.45, 2.75) is 13.5 Å². The van der Waals surface area contributed by atoms with Crippen LogP contribution in [-0.2, 0) is 6.54 Å². The van der Waals surface area contributed by atoms with Crippen LogP contribution < -0.4 is 11.5 Å². The highest BCUT2D eigenvalue weighted by Crippen LogP contribution is 1.99. The molecule has 0 aromatic carbocycles. The lowest BCUT2D eigenvalue weighted by molar-refractivity contribution is 0.925. The van der Waals surface area contributed by atoms with Gasteiger partial charge in [0.05, 0.1) is 17.9 Å². The fourth-order valence-electron chi connectivity index (χ4n) is 0.758. The first-order valence-electron chi connectivity index (χ1n) is 3.52. The van der Waals surface area contributed by atoms with Gasteiger partial charge in [-0.05, 0) is 6.92 Å². The minimum atomic E-state index is 0.0695. The summed E-state index contributed by atoms with van der Waals surface area (Å²) in [4.78, 5) is 11.9. The fraction of sp³-hybridized carbons (Fsp3) is 0.286. The Bertz CT molecular complexity index is 290. The molecule has 5 nitrogen and oxygen atoms in total. The Labute approximate surface area is 70.5 Å². The largest absolute Gasteiger partial charge is 0.370 e. The lowest BCUT2D eigenvalue weighted by atomic mass is 10.3. The SMILES string of the molecule is Cc1nccnc1CN=C(N)N. The standard InChI is InChI=1S/C7H11N5/c1-5-6(4-12-7(8)9)11-3-2-10-5/h2-3H,4H2,1H3,(H4,8,9,12). The second kappa shape index (κ2) is 3.66. The maximum atomic E-state index is 5.17. The molecule has 4 N–H and O–H groups in total. The molecule has 64 valence electrons. The van der Waals surface area contributed by atoms with Crippen LogP contribution in [0, 0.1) is 6.92 Å². The molecule has 1 aromatic rings. The van der Waals surface area contributed by atoms with Crippen molar-refractivity contribution in [3.63, 3.8) is 0 Å². The molecule has 0 radical (unpaired) electrons. The molecule has 5 heteroatoms. The van der Waals surface area contributed by atoms with E-state index in [1.807, 2.05) is 6.92 Å². The van der Waals surface area contributed by atoms with Crippen LogP contribution in [0.2, 0.25) is 0 Å². The van der Waals surface area contributed by atoms with Crippen LogP contribution in [-0.4, -0.2) is 15.9 Å². The molecule has 1 aromatic heterocycles. The van der Waals surface area contributed by atoms with Crippen molar-refractivity contribution in [2.75, 3.05) is 0 Å². The summed E-state index contributed by atoms with van der Waals surface area (Å²) in [6, 6.07) is 0. The fourth-order valence-corrected chi connectivity index (χ4v) is 0.758. The summed E-state index contributed by atoms with van der Waals surface area (Å²) in [7, 11) is 0. The van der Waals surface area contributed by atoms with Gasteiger partial charge in [0.25, 0.3) is 0 Å². The van der Waals surface area contributed by atoms with Gasteiger partial charge in [-0.2, -0.15) is 0 Å². The number of hydrogen-bond acceptors (Lipinski definition) is 3. The zero-order valence-electron chi connectivity index (χ0n) is 6.86. The third kappa shape index (κ3) is 2.19. The molecule has 0 saturated heterocycles. The molecule has 1 heterocycles. The number of guanidine groups is 1. The third-order valence-electron chi connectivity index (χ3n) is 1.39. The number of nitrogens with two attached hydrogens (primary N) is 2. The van der Waals surface area contributed by atoms with E-state index in [-0.39, 0.29) is 5.96 Å². The van der Waals surface area contributed by atoms with Crippen LogP contribution in [0.15, 0.2) is 17.4 Å². The first-order chi connectivity index (χ1) is 5.70. The summed E-state index contributed by atoms with van der Waals surface area (Å²) in [5.74, 6) is 0.0695. The second-order valence-corrected chi connectivity index (χ2v) is 2.33. The van der Waals surface area contributed by atoms with Crippen molar-refractivity contribution in [1.82, 2.24) is 9.97 Å². The zero-order valence-corrected chi connectivity index (χ0v) is 6.86. The quantitative estimate of drug-likeness (QED) is 0.459. The highest BCUT2D eigenvalue weighted by atomic mass is 15.0. The monoisotopic (exact) mass is 165 g/mol. The minimum Gasteiger partial charge on any atom is -0.370 e. The van der Waals surface area contributed by atoms with E-state index < -0.39 is 0 Å². The van der Waals surface area contributed by atoms with Crippen molar-refractivity contribution >= 4 is 5.96 Å². The number of aliphatic imine (C=N–C) groups is 1. The maximum absolute atomic E-state index is 5.17. The predicted molar refractivity (Wildman–Crippen MR) is 46.3 cm³/mol. The average Bonchev–Trinajstić information content (AvgIpc) is 2.03. The van der Waals surface area contributed by atoms with Crippen molar-refractivity contribution < 1.29 is 0 Å². The van der Waals surface area contributed by atoms with Crippen LogP contribution in [0.5, 0.6) is 0 Å². The minimum absolute atomic E-state index is 0.0695. The van der Waals surface area contributed by atoms with Gasteiger partial charge < -0.3 is 11.5 Å². The highest BCUT2D eigenvalue weighted by Gasteiger charge is 1.97. The van der Waals surface area contributed by atoms with E-state index in [4.69, 9.17) is 11.5 Å². The van der Waals surface area contributed by atoms with E-state index in [0.717, 1.165) is 11.4 Å². The topological polar surface area (TPSA) is 90.2 Å². The van der Waals surface area contributed by atoms with E-state index in [9.17, 15) is 0 Å². The molecule has 0 aliphatic heterocycles. The van der Waals surface area contributed by atoms with Crippen LogP contribution in [0.25, 0.3) is 0 Å². The Morgan fingerprint density at radius 3 is 2.67 bits per heavy atom. The smallest absolute Gasteiger partial charge is 0.186 e. The second-order valence-electron chi connectivity index (χ2n) is 2.33. The Hall–Kier alpha value is -1.65. The average molecular weight is 165 g/mol. The van der Waals surface area contributed by atoms with Gasteiger partial charge in [-0.15, -0.1) is 0 Å². The lowest BCUT2D eigenvalue weighted by Gasteiger charge is -1.98. The van der Waals surface area contributed by atoms with Gasteiger partial charge >= 0.3 is 0 Å². The van der Waals surface area contributed by atoms with Crippen molar-refractivity contribution in [3.8, 4) is 0 Å². The van der Waals surface area contributed by atoms with Crippen LogP contribution in [0.4, 0.5) is 0 Å². The molecular formula is C7H11N5. The third-order valence-corrected chi connectivity index (χ3v) is 1.39. The first kappa shape index (κ1) is 8.45. The van der Waals surface area contributed by atoms with Crippen LogP contribution in [0.1, 0.15) is 11.4 Å². The molecule has 0 unspecified atom stereocenters. The van der Waals surface area contributed by atoms with E-state index in [1.165, 1.54) is 0 Å². The van der Waals surface area contributed by atoms with Crippen LogP contribution >= 0.6 is 0 Å². The van der Waals surface area contributed by atoms with E-state index >= 15 is 0 Å². The molecule has 0 atom stereocenters. The van der Waals surface area contributed by atoms with Gasteiger partial charge in [0.15, 0.2) is 5.96 Å². The molecule has 0 aliphatic rings. The van der Waals surface area contributed by atoms with Gasteiger partial charge in [-0.25, -0.2) is 4.99 Å². The molecule has 0 aliphatic carbocycles. The maximum Gasteiger partial charge on any atom is 0.186 e. The molecule has 0 spiro atoms. The first-order valence-corrected chi connectivity index (χ1v) is 3.52. The summed E-state index contributed by atoms with van der Waals surface area (Å²) < 4.78 is 0. The Morgan fingerprint density at radius 2 is 2.08 bits per heavy atom. The number of aryl methyl sites for hydroxylation is 1. The molecule has 12 heavy (non-hydrogen) atoms. The van der Waals surface area contributed by atoms with E-state index in [0.29, 0.717) is 6.54 Å².